The molecule has 0 spiro atoms. The van der Waals surface area contributed by atoms with Crippen molar-refractivity contribution >= 4 is 0 Å². The maximum absolute atomic E-state index is 12.9. The molecule has 0 aliphatic heterocycles. The number of nitrogens with zero attached hydrogens (tertiary/aromatic N) is 2. The molecule has 0 bridgehead atoms. The Balaban J connectivity index is 1.95. The van der Waals surface area contributed by atoms with Crippen molar-refractivity contribution in [3.05, 3.63) is 77.4 Å². The molecular weight excluding hydrogens is 377 g/mol. The van der Waals surface area contributed by atoms with E-state index >= 15 is 0 Å². The van der Waals surface area contributed by atoms with Gasteiger partial charge in [0.15, 0.2) is 0 Å². The largest absolute Gasteiger partial charge is 0.439 e. The molecule has 6 heteroatoms. The van der Waals surface area contributed by atoms with Crippen LogP contribution in [0.4, 0.5) is 13.2 Å². The third kappa shape index (κ3) is 4.94. The molecular formula is C23H19F3N2O. The molecule has 0 aliphatic carbocycles. The van der Waals surface area contributed by atoms with Crippen LogP contribution in [0, 0.1) is 11.3 Å². The van der Waals surface area contributed by atoms with Crippen molar-refractivity contribution in [1.29, 1.82) is 5.26 Å². The first-order valence-electron chi connectivity index (χ1n) is 8.94. The second-order valence-corrected chi connectivity index (χ2v) is 7.65. The number of halogens is 3. The lowest BCUT2D eigenvalue weighted by atomic mass is 9.86. The summed E-state index contributed by atoms with van der Waals surface area (Å²) in [5, 5.41) is 9.32. The molecule has 0 fully saturated rings. The lowest BCUT2D eigenvalue weighted by molar-refractivity contribution is -0.137. The monoisotopic (exact) mass is 396 g/mol. The SMILES string of the molecule is CC(C)(C)c1ccc(-c2cc(C#N)cc(Oc3cccc(C(F)(F)F)c3)n2)cc1. The van der Waals surface area contributed by atoms with Crippen molar-refractivity contribution in [2.45, 2.75) is 32.4 Å². The smallest absolute Gasteiger partial charge is 0.416 e. The molecule has 29 heavy (non-hydrogen) atoms. The minimum atomic E-state index is -4.47. The van der Waals surface area contributed by atoms with E-state index in [-0.39, 0.29) is 17.0 Å². The maximum Gasteiger partial charge on any atom is 0.416 e. The molecule has 0 saturated carbocycles. The highest BCUT2D eigenvalue weighted by Crippen LogP contribution is 2.33. The van der Waals surface area contributed by atoms with Crippen LogP contribution in [-0.4, -0.2) is 4.98 Å². The van der Waals surface area contributed by atoms with E-state index in [4.69, 9.17) is 4.74 Å². The predicted molar refractivity (Wildman–Crippen MR) is 105 cm³/mol. The number of benzene rings is 2. The molecule has 3 nitrogen and oxygen atoms in total. The fourth-order valence-electron chi connectivity index (χ4n) is 2.77. The normalized spacial score (nSPS) is 11.8. The fourth-order valence-corrected chi connectivity index (χ4v) is 2.77. The van der Waals surface area contributed by atoms with Gasteiger partial charge in [-0.1, -0.05) is 51.1 Å². The van der Waals surface area contributed by atoms with E-state index < -0.39 is 11.7 Å². The first kappa shape index (κ1) is 20.4. The molecule has 0 amide bonds. The average molecular weight is 396 g/mol. The molecule has 1 heterocycles. The zero-order valence-corrected chi connectivity index (χ0v) is 16.2. The summed E-state index contributed by atoms with van der Waals surface area (Å²) in [7, 11) is 0. The zero-order chi connectivity index (χ0) is 21.2. The van der Waals surface area contributed by atoms with Crippen LogP contribution in [0.5, 0.6) is 11.6 Å². The van der Waals surface area contributed by atoms with E-state index in [1.807, 2.05) is 30.3 Å². The Morgan fingerprint density at radius 1 is 0.897 bits per heavy atom. The second-order valence-electron chi connectivity index (χ2n) is 7.65. The molecule has 0 aliphatic rings. The van der Waals surface area contributed by atoms with E-state index in [0.29, 0.717) is 11.3 Å². The van der Waals surface area contributed by atoms with Gasteiger partial charge < -0.3 is 4.74 Å². The summed E-state index contributed by atoms with van der Waals surface area (Å²) in [6.45, 7) is 6.33. The highest BCUT2D eigenvalue weighted by atomic mass is 19.4. The van der Waals surface area contributed by atoms with E-state index in [0.717, 1.165) is 23.3 Å². The van der Waals surface area contributed by atoms with Crippen molar-refractivity contribution in [1.82, 2.24) is 4.98 Å². The Bertz CT molecular complexity index is 1060. The van der Waals surface area contributed by atoms with Crippen molar-refractivity contribution in [2.75, 3.05) is 0 Å². The maximum atomic E-state index is 12.9. The van der Waals surface area contributed by atoms with Gasteiger partial charge in [-0.3, -0.25) is 0 Å². The van der Waals surface area contributed by atoms with Crippen LogP contribution < -0.4 is 4.74 Å². The highest BCUT2D eigenvalue weighted by Gasteiger charge is 2.30. The van der Waals surface area contributed by atoms with Gasteiger partial charge in [0.25, 0.3) is 0 Å². The lowest BCUT2D eigenvalue weighted by Crippen LogP contribution is -2.10. The Labute approximate surface area is 167 Å². The van der Waals surface area contributed by atoms with Crippen LogP contribution in [0.2, 0.25) is 0 Å². The zero-order valence-electron chi connectivity index (χ0n) is 16.2. The van der Waals surface area contributed by atoms with Gasteiger partial charge in [-0.25, -0.2) is 4.98 Å². The van der Waals surface area contributed by atoms with Crippen LogP contribution in [-0.2, 0) is 11.6 Å². The van der Waals surface area contributed by atoms with Gasteiger partial charge >= 0.3 is 6.18 Å². The molecule has 2 aromatic carbocycles. The Morgan fingerprint density at radius 3 is 2.17 bits per heavy atom. The number of hydrogen-bond acceptors (Lipinski definition) is 3. The van der Waals surface area contributed by atoms with Crippen molar-refractivity contribution < 1.29 is 17.9 Å². The topological polar surface area (TPSA) is 45.9 Å². The quantitative estimate of drug-likeness (QED) is 0.493. The lowest BCUT2D eigenvalue weighted by Gasteiger charge is -2.19. The van der Waals surface area contributed by atoms with E-state index in [9.17, 15) is 18.4 Å². The average Bonchev–Trinajstić information content (AvgIpc) is 2.66. The number of pyridine rings is 1. The predicted octanol–water partition coefficient (Wildman–Crippen LogP) is 6.73. The standard InChI is InChI=1S/C23H19F3N2O/c1-22(2,3)17-9-7-16(8-10-17)20-11-15(14-27)12-21(28-20)29-19-6-4-5-18(13-19)23(24,25)26/h4-13H,1-3H3. The number of ether oxygens (including phenoxy) is 1. The van der Waals surface area contributed by atoms with E-state index in [1.165, 1.54) is 18.2 Å². The first-order chi connectivity index (χ1) is 13.6. The van der Waals surface area contributed by atoms with Crippen molar-refractivity contribution in [2.24, 2.45) is 0 Å². The molecule has 0 N–H and O–H groups in total. The summed E-state index contributed by atoms with van der Waals surface area (Å²) in [6.07, 6.45) is -4.47. The highest BCUT2D eigenvalue weighted by molar-refractivity contribution is 5.62. The Morgan fingerprint density at radius 2 is 1.59 bits per heavy atom. The summed E-state index contributed by atoms with van der Waals surface area (Å²) >= 11 is 0. The Hall–Kier alpha value is -3.33. The first-order valence-corrected chi connectivity index (χ1v) is 8.94. The van der Waals surface area contributed by atoms with Crippen LogP contribution in [0.25, 0.3) is 11.3 Å². The molecule has 0 saturated heterocycles. The van der Waals surface area contributed by atoms with Gasteiger partial charge in [0.1, 0.15) is 5.75 Å². The van der Waals surface area contributed by atoms with Gasteiger partial charge in [0, 0.05) is 11.6 Å². The molecule has 3 aromatic rings. The van der Waals surface area contributed by atoms with Gasteiger partial charge in [0.2, 0.25) is 5.88 Å². The van der Waals surface area contributed by atoms with Gasteiger partial charge in [-0.2, -0.15) is 18.4 Å². The molecule has 0 radical (unpaired) electrons. The number of hydrogen-bond donors (Lipinski definition) is 0. The van der Waals surface area contributed by atoms with E-state index in [2.05, 4.69) is 25.8 Å². The Kier molecular flexibility index (Phi) is 5.34. The summed E-state index contributed by atoms with van der Waals surface area (Å²) in [6, 6.07) is 17.4. The van der Waals surface area contributed by atoms with E-state index in [1.54, 1.807) is 6.07 Å². The minimum Gasteiger partial charge on any atom is -0.439 e. The summed E-state index contributed by atoms with van der Waals surface area (Å²) in [5.41, 5.74) is 1.92. The van der Waals surface area contributed by atoms with Crippen molar-refractivity contribution in [3.63, 3.8) is 0 Å². The summed E-state index contributed by atoms with van der Waals surface area (Å²) < 4.78 is 44.3. The van der Waals surface area contributed by atoms with Crippen LogP contribution in [0.3, 0.4) is 0 Å². The number of alkyl halides is 3. The molecule has 0 atom stereocenters. The number of aromatic nitrogens is 1. The molecule has 0 unspecified atom stereocenters. The minimum absolute atomic E-state index is 0.00175. The third-order valence-corrected chi connectivity index (χ3v) is 4.36. The fraction of sp³-hybridized carbons (Fsp3) is 0.217. The van der Waals surface area contributed by atoms with Gasteiger partial charge in [-0.15, -0.1) is 0 Å². The van der Waals surface area contributed by atoms with Crippen molar-refractivity contribution in [3.8, 4) is 29.0 Å². The summed E-state index contributed by atoms with van der Waals surface area (Å²) in [4.78, 5) is 4.38. The van der Waals surface area contributed by atoms with Gasteiger partial charge in [0.05, 0.1) is 22.9 Å². The van der Waals surface area contributed by atoms with Crippen LogP contribution in [0.15, 0.2) is 60.7 Å². The number of rotatable bonds is 3. The molecule has 3 rings (SSSR count). The molecule has 1 aromatic heterocycles. The number of nitriles is 1. The molecule has 148 valence electrons. The second kappa shape index (κ2) is 7.59. The third-order valence-electron chi connectivity index (χ3n) is 4.36. The van der Waals surface area contributed by atoms with Gasteiger partial charge in [-0.05, 0) is 35.2 Å². The summed E-state index contributed by atoms with van der Waals surface area (Å²) in [5.74, 6) is 0.0507. The van der Waals surface area contributed by atoms with Crippen LogP contribution in [0.1, 0.15) is 37.5 Å². The van der Waals surface area contributed by atoms with Crippen LogP contribution >= 0.6 is 0 Å².